The molecule has 3 rings (SSSR count). The Morgan fingerprint density at radius 2 is 1.95 bits per heavy atom. The smallest absolute Gasteiger partial charge is 0.251 e. The van der Waals surface area contributed by atoms with Gasteiger partial charge in [-0.3, -0.25) is 4.79 Å². The second-order valence-corrected chi connectivity index (χ2v) is 4.46. The first-order valence-electron chi connectivity index (χ1n) is 6.35. The lowest BCUT2D eigenvalue weighted by Gasteiger charge is -2.06. The maximum atomic E-state index is 12.1. The number of carbonyl (C=O) groups excluding carboxylic acids is 1. The maximum Gasteiger partial charge on any atom is 0.251 e. The van der Waals surface area contributed by atoms with E-state index in [1.54, 1.807) is 18.3 Å². The van der Waals surface area contributed by atoms with Gasteiger partial charge in [0.2, 0.25) is 0 Å². The van der Waals surface area contributed by atoms with Gasteiger partial charge in [-0.2, -0.15) is 0 Å². The highest BCUT2D eigenvalue weighted by atomic mass is 16.1. The molecule has 0 radical (unpaired) electrons. The first-order valence-corrected chi connectivity index (χ1v) is 6.35. The molecular formula is C16H13N3O. The Morgan fingerprint density at radius 1 is 1.10 bits per heavy atom. The SMILES string of the molecule is O=C(NCc1ccccc1)c1ccc2ncncc2c1. The van der Waals surface area contributed by atoms with E-state index >= 15 is 0 Å². The predicted molar refractivity (Wildman–Crippen MR) is 77.2 cm³/mol. The van der Waals surface area contributed by atoms with Crippen LogP contribution >= 0.6 is 0 Å². The van der Waals surface area contributed by atoms with Gasteiger partial charge < -0.3 is 5.32 Å². The van der Waals surface area contributed by atoms with E-state index in [1.807, 2.05) is 36.4 Å². The number of amides is 1. The second kappa shape index (κ2) is 5.48. The van der Waals surface area contributed by atoms with Gasteiger partial charge in [0, 0.05) is 23.7 Å². The molecule has 1 amide bonds. The number of nitrogens with zero attached hydrogens (tertiary/aromatic N) is 2. The molecule has 2 aromatic carbocycles. The lowest BCUT2D eigenvalue weighted by atomic mass is 10.1. The van der Waals surface area contributed by atoms with Gasteiger partial charge >= 0.3 is 0 Å². The molecular weight excluding hydrogens is 250 g/mol. The van der Waals surface area contributed by atoms with E-state index in [0.717, 1.165) is 16.5 Å². The van der Waals surface area contributed by atoms with E-state index in [0.29, 0.717) is 12.1 Å². The van der Waals surface area contributed by atoms with Crippen LogP contribution in [0.3, 0.4) is 0 Å². The molecule has 1 aromatic heterocycles. The van der Waals surface area contributed by atoms with Crippen molar-refractivity contribution in [3.8, 4) is 0 Å². The molecule has 4 heteroatoms. The molecule has 4 nitrogen and oxygen atoms in total. The normalized spacial score (nSPS) is 10.4. The van der Waals surface area contributed by atoms with Crippen molar-refractivity contribution in [2.24, 2.45) is 0 Å². The second-order valence-electron chi connectivity index (χ2n) is 4.46. The monoisotopic (exact) mass is 263 g/mol. The third-order valence-electron chi connectivity index (χ3n) is 3.06. The first-order chi connectivity index (χ1) is 9.83. The van der Waals surface area contributed by atoms with E-state index < -0.39 is 0 Å². The van der Waals surface area contributed by atoms with Crippen LogP contribution in [-0.4, -0.2) is 15.9 Å². The van der Waals surface area contributed by atoms with Gasteiger partial charge in [0.15, 0.2) is 0 Å². The predicted octanol–water partition coefficient (Wildman–Crippen LogP) is 2.56. The molecule has 0 spiro atoms. The van der Waals surface area contributed by atoms with Crippen molar-refractivity contribution < 1.29 is 4.79 Å². The lowest BCUT2D eigenvalue weighted by molar-refractivity contribution is 0.0951. The van der Waals surface area contributed by atoms with Gasteiger partial charge in [-0.1, -0.05) is 30.3 Å². The van der Waals surface area contributed by atoms with Crippen LogP contribution in [0.25, 0.3) is 10.9 Å². The molecule has 1 heterocycles. The van der Waals surface area contributed by atoms with Crippen LogP contribution in [0.1, 0.15) is 15.9 Å². The van der Waals surface area contributed by atoms with Crippen molar-refractivity contribution in [3.05, 3.63) is 72.2 Å². The van der Waals surface area contributed by atoms with Crippen molar-refractivity contribution in [2.45, 2.75) is 6.54 Å². The van der Waals surface area contributed by atoms with Crippen molar-refractivity contribution in [3.63, 3.8) is 0 Å². The standard InChI is InChI=1S/C16H13N3O/c20-16(18-9-12-4-2-1-3-5-12)13-6-7-15-14(8-13)10-17-11-19-15/h1-8,10-11H,9H2,(H,18,20). The molecule has 0 saturated carbocycles. The molecule has 20 heavy (non-hydrogen) atoms. The summed E-state index contributed by atoms with van der Waals surface area (Å²) < 4.78 is 0. The zero-order chi connectivity index (χ0) is 13.8. The molecule has 3 aromatic rings. The zero-order valence-corrected chi connectivity index (χ0v) is 10.8. The van der Waals surface area contributed by atoms with Gasteiger partial charge in [0.05, 0.1) is 5.52 Å². The Balaban J connectivity index is 1.75. The highest BCUT2D eigenvalue weighted by Crippen LogP contribution is 2.12. The fraction of sp³-hybridized carbons (Fsp3) is 0.0625. The fourth-order valence-electron chi connectivity index (χ4n) is 2.01. The third kappa shape index (κ3) is 2.64. The number of hydrogen-bond acceptors (Lipinski definition) is 3. The van der Waals surface area contributed by atoms with Crippen molar-refractivity contribution >= 4 is 16.8 Å². The van der Waals surface area contributed by atoms with Crippen LogP contribution in [0, 0.1) is 0 Å². The molecule has 0 atom stereocenters. The number of nitrogens with one attached hydrogen (secondary N) is 1. The number of fused-ring (bicyclic) bond motifs is 1. The van der Waals surface area contributed by atoms with Gasteiger partial charge in [-0.25, -0.2) is 9.97 Å². The third-order valence-corrected chi connectivity index (χ3v) is 3.06. The Hall–Kier alpha value is -2.75. The highest BCUT2D eigenvalue weighted by molar-refractivity contribution is 5.97. The van der Waals surface area contributed by atoms with Crippen LogP contribution < -0.4 is 5.32 Å². The van der Waals surface area contributed by atoms with Gasteiger partial charge in [-0.15, -0.1) is 0 Å². The molecule has 0 aliphatic rings. The van der Waals surface area contributed by atoms with Crippen molar-refractivity contribution in [1.82, 2.24) is 15.3 Å². The summed E-state index contributed by atoms with van der Waals surface area (Å²) in [6, 6.07) is 15.2. The molecule has 0 aliphatic heterocycles. The van der Waals surface area contributed by atoms with E-state index in [1.165, 1.54) is 6.33 Å². The molecule has 0 unspecified atom stereocenters. The maximum absolute atomic E-state index is 12.1. The van der Waals surface area contributed by atoms with Gasteiger partial charge in [0.1, 0.15) is 6.33 Å². The van der Waals surface area contributed by atoms with E-state index in [2.05, 4.69) is 15.3 Å². The average Bonchev–Trinajstić information content (AvgIpc) is 2.53. The Morgan fingerprint density at radius 3 is 2.80 bits per heavy atom. The summed E-state index contributed by atoms with van der Waals surface area (Å²) in [4.78, 5) is 20.2. The zero-order valence-electron chi connectivity index (χ0n) is 10.8. The first kappa shape index (κ1) is 12.3. The molecule has 98 valence electrons. The van der Waals surface area contributed by atoms with Crippen LogP contribution in [0.5, 0.6) is 0 Å². The quantitative estimate of drug-likeness (QED) is 0.790. The summed E-state index contributed by atoms with van der Waals surface area (Å²) in [7, 11) is 0. The minimum atomic E-state index is -0.0976. The van der Waals surface area contributed by atoms with E-state index in [4.69, 9.17) is 0 Å². The van der Waals surface area contributed by atoms with Crippen LogP contribution in [0.15, 0.2) is 61.1 Å². The number of hydrogen-bond donors (Lipinski definition) is 1. The number of rotatable bonds is 3. The van der Waals surface area contributed by atoms with Gasteiger partial charge in [-0.05, 0) is 23.8 Å². The number of benzene rings is 2. The van der Waals surface area contributed by atoms with Crippen LogP contribution in [-0.2, 0) is 6.54 Å². The lowest BCUT2D eigenvalue weighted by Crippen LogP contribution is -2.22. The minimum Gasteiger partial charge on any atom is -0.348 e. The van der Waals surface area contributed by atoms with E-state index in [9.17, 15) is 4.79 Å². The molecule has 0 aliphatic carbocycles. The largest absolute Gasteiger partial charge is 0.348 e. The van der Waals surface area contributed by atoms with Crippen molar-refractivity contribution in [1.29, 1.82) is 0 Å². The summed E-state index contributed by atoms with van der Waals surface area (Å²) >= 11 is 0. The number of aromatic nitrogens is 2. The summed E-state index contributed by atoms with van der Waals surface area (Å²) in [6.45, 7) is 0.517. The van der Waals surface area contributed by atoms with Gasteiger partial charge in [0.25, 0.3) is 5.91 Å². The molecule has 0 saturated heterocycles. The average molecular weight is 263 g/mol. The minimum absolute atomic E-state index is 0.0976. The van der Waals surface area contributed by atoms with Crippen molar-refractivity contribution in [2.75, 3.05) is 0 Å². The highest BCUT2D eigenvalue weighted by Gasteiger charge is 2.06. The van der Waals surface area contributed by atoms with E-state index in [-0.39, 0.29) is 5.91 Å². The summed E-state index contributed by atoms with van der Waals surface area (Å²) in [5.74, 6) is -0.0976. The topological polar surface area (TPSA) is 54.9 Å². The fourth-order valence-corrected chi connectivity index (χ4v) is 2.01. The Labute approximate surface area is 116 Å². The molecule has 0 fully saturated rings. The Kier molecular flexibility index (Phi) is 3.37. The number of carbonyl (C=O) groups is 1. The molecule has 0 bridgehead atoms. The van der Waals surface area contributed by atoms with Crippen LogP contribution in [0.2, 0.25) is 0 Å². The molecule has 1 N–H and O–H groups in total. The summed E-state index contributed by atoms with van der Waals surface area (Å²) in [5.41, 5.74) is 2.52. The van der Waals surface area contributed by atoms with Crippen LogP contribution in [0.4, 0.5) is 0 Å². The Bertz CT molecular complexity index is 741. The summed E-state index contributed by atoms with van der Waals surface area (Å²) in [5, 5.41) is 3.76. The summed E-state index contributed by atoms with van der Waals surface area (Å²) in [6.07, 6.45) is 3.20.